The summed E-state index contributed by atoms with van der Waals surface area (Å²) in [6.07, 6.45) is 1.06. The number of nitrogens with zero attached hydrogens (tertiary/aromatic N) is 2. The van der Waals surface area contributed by atoms with Gasteiger partial charge >= 0.3 is 0 Å². The highest BCUT2D eigenvalue weighted by Gasteiger charge is 2.30. The maximum absolute atomic E-state index is 6.44. The van der Waals surface area contributed by atoms with Crippen LogP contribution in [0.25, 0.3) is 0 Å². The smallest absolute Gasteiger partial charge is 0.0410 e. The highest BCUT2D eigenvalue weighted by atomic mass is 35.5. The Kier molecular flexibility index (Phi) is 6.92. The van der Waals surface area contributed by atoms with E-state index in [0.29, 0.717) is 6.04 Å². The van der Waals surface area contributed by atoms with Crippen molar-refractivity contribution in [2.75, 3.05) is 38.5 Å². The van der Waals surface area contributed by atoms with Crippen molar-refractivity contribution in [2.24, 2.45) is 0 Å². The fourth-order valence-electron chi connectivity index (χ4n) is 4.52. The van der Waals surface area contributed by atoms with Crippen LogP contribution in [0.15, 0.2) is 87.5 Å². The predicted molar refractivity (Wildman–Crippen MR) is 134 cm³/mol. The Bertz CT molecular complexity index is 1020. The summed E-state index contributed by atoms with van der Waals surface area (Å²) >= 11 is 10.3. The Morgan fingerprint density at radius 2 is 1.65 bits per heavy atom. The van der Waals surface area contributed by atoms with Gasteiger partial charge in [0, 0.05) is 64.2 Å². The minimum Gasteiger partial charge on any atom is -0.300 e. The molecule has 1 saturated heterocycles. The Hall–Kier alpha value is -1.43. The zero-order chi connectivity index (χ0) is 21.0. The van der Waals surface area contributed by atoms with Crippen LogP contribution in [0.3, 0.4) is 0 Å². The molecule has 2 aliphatic rings. The average molecular weight is 467 g/mol. The number of fused-ring (bicyclic) bond motifs is 2. The van der Waals surface area contributed by atoms with E-state index in [1.54, 1.807) is 0 Å². The molecule has 2 aliphatic heterocycles. The van der Waals surface area contributed by atoms with Gasteiger partial charge < -0.3 is 0 Å². The van der Waals surface area contributed by atoms with Crippen LogP contribution in [-0.4, -0.2) is 48.3 Å². The van der Waals surface area contributed by atoms with Crippen LogP contribution in [0.2, 0.25) is 5.02 Å². The lowest BCUT2D eigenvalue weighted by atomic mass is 9.96. The fourth-order valence-corrected chi connectivity index (χ4v) is 6.75. The Morgan fingerprint density at radius 1 is 0.871 bits per heavy atom. The average Bonchev–Trinajstić information content (AvgIpc) is 2.97. The van der Waals surface area contributed by atoms with Crippen molar-refractivity contribution in [1.82, 2.24) is 9.80 Å². The van der Waals surface area contributed by atoms with E-state index >= 15 is 0 Å². The molecule has 0 saturated carbocycles. The van der Waals surface area contributed by atoms with E-state index in [2.05, 4.69) is 76.5 Å². The lowest BCUT2D eigenvalue weighted by Crippen LogP contribution is -2.48. The molecule has 31 heavy (non-hydrogen) atoms. The standard InChI is InChI=1S/C26H27ClN2S2/c27-21-10-11-26-23(19-21)24(18-20-6-4-5-9-25(20)31-26)29-14-12-28(13-15-29)16-17-30-22-7-2-1-3-8-22/h1-11,19,24H,12-18H2. The molecule has 0 aliphatic carbocycles. The van der Waals surface area contributed by atoms with E-state index in [-0.39, 0.29) is 0 Å². The molecular formula is C26H27ClN2S2. The highest BCUT2D eigenvalue weighted by molar-refractivity contribution is 7.99. The van der Waals surface area contributed by atoms with Gasteiger partial charge in [-0.05, 0) is 53.9 Å². The summed E-state index contributed by atoms with van der Waals surface area (Å²) in [4.78, 5) is 9.39. The first kappa shape index (κ1) is 21.4. The van der Waals surface area contributed by atoms with Gasteiger partial charge in [0.25, 0.3) is 0 Å². The first-order chi connectivity index (χ1) is 15.3. The molecule has 3 aromatic carbocycles. The molecule has 1 atom stereocenters. The molecular weight excluding hydrogens is 440 g/mol. The van der Waals surface area contributed by atoms with Crippen LogP contribution < -0.4 is 0 Å². The van der Waals surface area contributed by atoms with Crippen molar-refractivity contribution >= 4 is 35.1 Å². The number of hydrogen-bond acceptors (Lipinski definition) is 4. The van der Waals surface area contributed by atoms with Crippen LogP contribution in [0.1, 0.15) is 17.2 Å². The number of piperazine rings is 1. The summed E-state index contributed by atoms with van der Waals surface area (Å²) in [6, 6.07) is 26.4. The largest absolute Gasteiger partial charge is 0.300 e. The third-order valence-corrected chi connectivity index (χ3v) is 8.64. The molecule has 3 aromatic rings. The summed E-state index contributed by atoms with van der Waals surface area (Å²) in [6.45, 7) is 5.64. The second-order valence-corrected chi connectivity index (χ2v) is 10.8. The third-order valence-electron chi connectivity index (χ3n) is 6.20. The summed E-state index contributed by atoms with van der Waals surface area (Å²) in [7, 11) is 0. The van der Waals surface area contributed by atoms with Gasteiger partial charge in [-0.15, -0.1) is 11.8 Å². The van der Waals surface area contributed by atoms with Gasteiger partial charge in [0.15, 0.2) is 0 Å². The van der Waals surface area contributed by atoms with E-state index < -0.39 is 0 Å². The van der Waals surface area contributed by atoms with Gasteiger partial charge in [-0.1, -0.05) is 59.8 Å². The lowest BCUT2D eigenvalue weighted by molar-refractivity contribution is 0.0984. The molecule has 160 valence electrons. The van der Waals surface area contributed by atoms with Crippen LogP contribution in [0.5, 0.6) is 0 Å². The van der Waals surface area contributed by atoms with Gasteiger partial charge in [0.05, 0.1) is 0 Å². The van der Waals surface area contributed by atoms with E-state index in [9.17, 15) is 0 Å². The maximum atomic E-state index is 6.44. The molecule has 0 bridgehead atoms. The molecule has 1 fully saturated rings. The van der Waals surface area contributed by atoms with Gasteiger partial charge in [-0.2, -0.15) is 0 Å². The van der Waals surface area contributed by atoms with E-state index in [0.717, 1.165) is 49.9 Å². The monoisotopic (exact) mass is 466 g/mol. The Morgan fingerprint density at radius 3 is 2.48 bits per heavy atom. The molecule has 0 radical (unpaired) electrons. The predicted octanol–water partition coefficient (Wildman–Crippen LogP) is 6.50. The number of benzene rings is 3. The van der Waals surface area contributed by atoms with Crippen molar-refractivity contribution in [3.05, 3.63) is 88.9 Å². The molecule has 5 heteroatoms. The number of halogens is 1. The van der Waals surface area contributed by atoms with Crippen molar-refractivity contribution in [1.29, 1.82) is 0 Å². The number of rotatable bonds is 5. The molecule has 0 amide bonds. The Labute approximate surface area is 199 Å². The van der Waals surface area contributed by atoms with Gasteiger partial charge in [-0.3, -0.25) is 9.80 Å². The SMILES string of the molecule is Clc1ccc2c(c1)C(N1CCN(CCSc3ccccc3)CC1)Cc1ccccc1S2. The lowest BCUT2D eigenvalue weighted by Gasteiger charge is -2.39. The van der Waals surface area contributed by atoms with Gasteiger partial charge in [-0.25, -0.2) is 0 Å². The van der Waals surface area contributed by atoms with Crippen LogP contribution in [-0.2, 0) is 6.42 Å². The summed E-state index contributed by atoms with van der Waals surface area (Å²) in [5.41, 5.74) is 2.84. The summed E-state index contributed by atoms with van der Waals surface area (Å²) in [5, 5.41) is 0.840. The van der Waals surface area contributed by atoms with Crippen LogP contribution >= 0.6 is 35.1 Å². The summed E-state index contributed by atoms with van der Waals surface area (Å²) in [5.74, 6) is 1.15. The second-order valence-electron chi connectivity index (χ2n) is 8.15. The minimum atomic E-state index is 0.394. The molecule has 2 nitrogen and oxygen atoms in total. The maximum Gasteiger partial charge on any atom is 0.0410 e. The van der Waals surface area contributed by atoms with Crippen molar-refractivity contribution in [3.63, 3.8) is 0 Å². The molecule has 0 aromatic heterocycles. The highest BCUT2D eigenvalue weighted by Crippen LogP contribution is 2.43. The zero-order valence-electron chi connectivity index (χ0n) is 17.5. The molecule has 2 heterocycles. The minimum absolute atomic E-state index is 0.394. The first-order valence-corrected chi connectivity index (χ1v) is 13.1. The van der Waals surface area contributed by atoms with Gasteiger partial charge in [0.2, 0.25) is 0 Å². The van der Waals surface area contributed by atoms with E-state index in [1.165, 1.54) is 25.8 Å². The van der Waals surface area contributed by atoms with Crippen molar-refractivity contribution < 1.29 is 0 Å². The molecule has 0 N–H and O–H groups in total. The van der Waals surface area contributed by atoms with E-state index in [4.69, 9.17) is 11.6 Å². The fraction of sp³-hybridized carbons (Fsp3) is 0.308. The molecule has 5 rings (SSSR count). The van der Waals surface area contributed by atoms with Crippen molar-refractivity contribution in [2.45, 2.75) is 27.1 Å². The summed E-state index contributed by atoms with van der Waals surface area (Å²) < 4.78 is 0. The Balaban J connectivity index is 1.25. The normalized spacial score (nSPS) is 19.5. The van der Waals surface area contributed by atoms with E-state index in [1.807, 2.05) is 29.6 Å². The second kappa shape index (κ2) is 10.0. The third kappa shape index (κ3) is 5.15. The molecule has 0 spiro atoms. The number of thioether (sulfide) groups is 1. The first-order valence-electron chi connectivity index (χ1n) is 11.0. The van der Waals surface area contributed by atoms with Crippen molar-refractivity contribution in [3.8, 4) is 0 Å². The number of hydrogen-bond donors (Lipinski definition) is 0. The molecule has 1 unspecified atom stereocenters. The topological polar surface area (TPSA) is 6.48 Å². The van der Waals surface area contributed by atoms with Crippen LogP contribution in [0.4, 0.5) is 0 Å². The quantitative estimate of drug-likeness (QED) is 0.396. The van der Waals surface area contributed by atoms with Gasteiger partial charge in [0.1, 0.15) is 0 Å². The zero-order valence-corrected chi connectivity index (χ0v) is 19.9. The van der Waals surface area contributed by atoms with Crippen LogP contribution in [0, 0.1) is 0 Å².